The van der Waals surface area contributed by atoms with E-state index >= 15 is 0 Å². The number of nitrogens with two attached hydrogens (primary N) is 1. The van der Waals surface area contributed by atoms with Gasteiger partial charge in [-0.2, -0.15) is 0 Å². The number of phenolic OH excluding ortho intramolecular Hbond substituents is 1. The molecule has 0 saturated heterocycles. The molecule has 0 radical (unpaired) electrons. The second kappa shape index (κ2) is 1.97. The molecule has 0 atom stereocenters. The van der Waals surface area contributed by atoms with E-state index in [4.69, 9.17) is 14.0 Å². The first-order valence-electron chi connectivity index (χ1n) is 5.26. The molecular weight excluding hydrogens is 114 g/mol. The van der Waals surface area contributed by atoms with Crippen LogP contribution >= 0.6 is 0 Å². The third kappa shape index (κ3) is 1.13. The van der Waals surface area contributed by atoms with Crippen LogP contribution in [0.1, 0.15) is 13.8 Å². The Morgan fingerprint density at radius 3 is 3.22 bits per heavy atom. The van der Waals surface area contributed by atoms with Crippen molar-refractivity contribution in [3.8, 4) is 5.75 Å². The molecule has 0 unspecified atom stereocenters. The predicted molar refractivity (Wildman–Crippen MR) is 37.3 cm³/mol. The van der Waals surface area contributed by atoms with Gasteiger partial charge in [0, 0.05) is 9.80 Å². The SMILES string of the molecule is [2H]c1c([2H])c(O)c(C([2H])([2H])[2H])c([2H])c1N. The predicted octanol–water partition coefficient (Wildman–Crippen LogP) is 1.28. The zero-order valence-corrected chi connectivity index (χ0v) is 4.52. The molecule has 48 valence electrons. The lowest BCUT2D eigenvalue weighted by Gasteiger charge is -1.97. The Bertz CT molecular complexity index is 384. The molecule has 0 aliphatic rings. The first kappa shape index (κ1) is 1.90. The molecule has 0 aliphatic carbocycles. The van der Waals surface area contributed by atoms with E-state index in [9.17, 15) is 5.11 Å². The van der Waals surface area contributed by atoms with Gasteiger partial charge in [0.2, 0.25) is 0 Å². The monoisotopic (exact) mass is 129 g/mol. The van der Waals surface area contributed by atoms with Crippen molar-refractivity contribution < 1.29 is 13.3 Å². The fraction of sp³-hybridized carbons (Fsp3) is 0.143. The van der Waals surface area contributed by atoms with Gasteiger partial charge in [-0.3, -0.25) is 0 Å². The Balaban J connectivity index is 3.68. The second-order valence-corrected chi connectivity index (χ2v) is 1.51. The summed E-state index contributed by atoms with van der Waals surface area (Å²) in [5, 5.41) is 9.38. The fourth-order valence-corrected chi connectivity index (χ4v) is 0.414. The van der Waals surface area contributed by atoms with Crippen molar-refractivity contribution in [2.75, 3.05) is 5.73 Å². The average molecular weight is 129 g/mol. The second-order valence-electron chi connectivity index (χ2n) is 1.51. The number of hydrogen-bond acceptors (Lipinski definition) is 2. The van der Waals surface area contributed by atoms with Crippen LogP contribution in [0.4, 0.5) is 5.69 Å². The molecule has 0 saturated carbocycles. The normalized spacial score (nSPS) is 20.4. The first-order chi connectivity index (χ1) is 6.68. The summed E-state index contributed by atoms with van der Waals surface area (Å²) in [6.45, 7) is -2.72. The maximum absolute atomic E-state index is 9.38. The Morgan fingerprint density at radius 2 is 2.56 bits per heavy atom. The van der Waals surface area contributed by atoms with Gasteiger partial charge in [-0.05, 0) is 30.5 Å². The third-order valence-corrected chi connectivity index (χ3v) is 0.812. The highest BCUT2D eigenvalue weighted by molar-refractivity contribution is 5.46. The van der Waals surface area contributed by atoms with E-state index in [0.29, 0.717) is 0 Å². The molecule has 0 spiro atoms. The number of nitrogen functional groups attached to an aromatic ring is 1. The van der Waals surface area contributed by atoms with Crippen LogP contribution in [0.2, 0.25) is 0 Å². The standard InChI is InChI=1S/C7H9NO/c1-5-4-6(8)2-3-7(5)9/h2-4,9H,8H2,1H3/i1D3,2D,3D,4D. The molecule has 1 aromatic rings. The van der Waals surface area contributed by atoms with Crippen LogP contribution in [-0.2, 0) is 0 Å². The van der Waals surface area contributed by atoms with Crippen molar-refractivity contribution in [2.24, 2.45) is 0 Å². The first-order valence-corrected chi connectivity index (χ1v) is 2.26. The minimum Gasteiger partial charge on any atom is -0.508 e. The summed E-state index contributed by atoms with van der Waals surface area (Å²) in [5.41, 5.74) is 4.20. The van der Waals surface area contributed by atoms with Crippen molar-refractivity contribution in [3.63, 3.8) is 0 Å². The summed E-state index contributed by atoms with van der Waals surface area (Å²) in [6.07, 6.45) is 0. The minimum absolute atomic E-state index is 0.413. The molecule has 0 heterocycles. The number of anilines is 1. The van der Waals surface area contributed by atoms with Crippen molar-refractivity contribution in [1.82, 2.24) is 0 Å². The highest BCUT2D eigenvalue weighted by Gasteiger charge is 1.92. The Hall–Kier alpha value is -1.18. The van der Waals surface area contributed by atoms with Gasteiger partial charge < -0.3 is 10.8 Å². The van der Waals surface area contributed by atoms with E-state index in [1.54, 1.807) is 0 Å². The van der Waals surface area contributed by atoms with Crippen molar-refractivity contribution in [1.29, 1.82) is 0 Å². The number of aromatic hydroxyl groups is 1. The van der Waals surface area contributed by atoms with E-state index in [1.807, 2.05) is 0 Å². The minimum atomic E-state index is -2.72. The summed E-state index contributed by atoms with van der Waals surface area (Å²) in [7, 11) is 0. The van der Waals surface area contributed by atoms with Gasteiger partial charge in [0.15, 0.2) is 0 Å². The third-order valence-electron chi connectivity index (χ3n) is 0.812. The number of benzene rings is 1. The van der Waals surface area contributed by atoms with Crippen LogP contribution in [0.25, 0.3) is 0 Å². The Morgan fingerprint density at radius 1 is 1.78 bits per heavy atom. The quantitative estimate of drug-likeness (QED) is 0.409. The highest BCUT2D eigenvalue weighted by Crippen LogP contribution is 2.17. The van der Waals surface area contributed by atoms with Crippen LogP contribution in [0, 0.1) is 6.85 Å². The number of hydrogen-bond donors (Lipinski definition) is 2. The van der Waals surface area contributed by atoms with Crippen LogP contribution in [-0.4, -0.2) is 5.11 Å². The summed E-state index contributed by atoms with van der Waals surface area (Å²) < 4.78 is 43.1. The maximum atomic E-state index is 9.38. The fourth-order valence-electron chi connectivity index (χ4n) is 0.414. The summed E-state index contributed by atoms with van der Waals surface area (Å²) >= 11 is 0. The summed E-state index contributed by atoms with van der Waals surface area (Å²) in [4.78, 5) is 0. The molecule has 0 aromatic heterocycles. The zero-order valence-electron chi connectivity index (χ0n) is 10.5. The van der Waals surface area contributed by atoms with Gasteiger partial charge in [0.05, 0.1) is 4.11 Å². The highest BCUT2D eigenvalue weighted by atomic mass is 16.3. The smallest absolute Gasteiger partial charge is 0.118 e. The van der Waals surface area contributed by atoms with Crippen molar-refractivity contribution in [3.05, 3.63) is 23.7 Å². The molecule has 1 rings (SSSR count). The maximum Gasteiger partial charge on any atom is 0.118 e. The largest absolute Gasteiger partial charge is 0.508 e. The zero-order chi connectivity index (χ0) is 12.0. The molecule has 0 fully saturated rings. The van der Waals surface area contributed by atoms with Crippen molar-refractivity contribution >= 4 is 5.69 Å². The van der Waals surface area contributed by atoms with E-state index in [-0.39, 0.29) is 0 Å². The van der Waals surface area contributed by atoms with Crippen LogP contribution in [0.15, 0.2) is 18.1 Å². The van der Waals surface area contributed by atoms with Crippen LogP contribution in [0.3, 0.4) is 0 Å². The molecule has 0 bridgehead atoms. The number of phenols is 1. The average Bonchev–Trinajstić information content (AvgIpc) is 2.09. The molecule has 9 heavy (non-hydrogen) atoms. The molecular formula is C7H9NO. The van der Waals surface area contributed by atoms with Gasteiger partial charge >= 0.3 is 0 Å². The van der Waals surface area contributed by atoms with Crippen molar-refractivity contribution in [2.45, 2.75) is 6.85 Å². The van der Waals surface area contributed by atoms with E-state index in [2.05, 4.69) is 0 Å². The summed E-state index contributed by atoms with van der Waals surface area (Å²) in [6, 6.07) is -1.83. The molecule has 0 amide bonds. The van der Waals surface area contributed by atoms with Crippen LogP contribution in [0.5, 0.6) is 5.75 Å². The Labute approximate surface area is 62.4 Å². The lowest BCUT2D eigenvalue weighted by molar-refractivity contribution is 0.471. The lowest BCUT2D eigenvalue weighted by Crippen LogP contribution is -1.84. The lowest BCUT2D eigenvalue weighted by atomic mass is 10.2. The molecule has 3 N–H and O–H groups in total. The van der Waals surface area contributed by atoms with E-state index in [1.165, 1.54) is 0 Å². The van der Waals surface area contributed by atoms with Gasteiger partial charge in [-0.15, -0.1) is 0 Å². The van der Waals surface area contributed by atoms with Gasteiger partial charge in [-0.25, -0.2) is 0 Å². The van der Waals surface area contributed by atoms with E-state index in [0.717, 1.165) is 0 Å². The molecule has 1 aromatic carbocycles. The van der Waals surface area contributed by atoms with Gasteiger partial charge in [0.1, 0.15) is 5.75 Å². The number of rotatable bonds is 0. The Kier molecular flexibility index (Phi) is 0.418. The van der Waals surface area contributed by atoms with Gasteiger partial charge in [-0.1, -0.05) is 0 Å². The van der Waals surface area contributed by atoms with Crippen LogP contribution < -0.4 is 5.73 Å². The van der Waals surface area contributed by atoms with E-state index < -0.39 is 42.0 Å². The topological polar surface area (TPSA) is 46.2 Å². The molecule has 0 aliphatic heterocycles. The molecule has 2 heteroatoms. The molecule has 2 nitrogen and oxygen atoms in total. The summed E-state index contributed by atoms with van der Waals surface area (Å²) in [5.74, 6) is -0.876. The van der Waals surface area contributed by atoms with Gasteiger partial charge in [0.25, 0.3) is 0 Å².